The van der Waals surface area contributed by atoms with Gasteiger partial charge in [-0.2, -0.15) is 0 Å². The Morgan fingerprint density at radius 3 is 0.958 bits per heavy atom. The zero-order valence-corrected chi connectivity index (χ0v) is 19.5. The molecule has 0 aliphatic carbocycles. The third kappa shape index (κ3) is 17.5. The quantitative estimate of drug-likeness (QED) is 0.164. The smallest absolute Gasteiger partial charge is 0.0154 e. The second-order valence-corrected chi connectivity index (χ2v) is 7.86. The van der Waals surface area contributed by atoms with Crippen molar-refractivity contribution >= 4 is 24.0 Å². The summed E-state index contributed by atoms with van der Waals surface area (Å²) in [5.41, 5.74) is 6.99. The van der Waals surface area contributed by atoms with Gasteiger partial charge >= 0.3 is 0 Å². The molecule has 0 atom stereocenters. The summed E-state index contributed by atoms with van der Waals surface area (Å²) in [6, 6.07) is 0. The highest BCUT2D eigenvalue weighted by Crippen LogP contribution is 2.26. The Bertz CT molecular complexity index is 194. The molecular formula is C22H48IN. The van der Waals surface area contributed by atoms with Crippen molar-refractivity contribution in [2.75, 3.05) is 0 Å². The maximum Gasteiger partial charge on any atom is 0.0154 e. The molecule has 0 spiro atoms. The van der Waals surface area contributed by atoms with Gasteiger partial charge in [-0.05, 0) is 19.3 Å². The highest BCUT2D eigenvalue weighted by molar-refractivity contribution is 14.0. The fourth-order valence-corrected chi connectivity index (χ4v) is 3.62. The lowest BCUT2D eigenvalue weighted by molar-refractivity contribution is 0.303. The molecule has 0 fully saturated rings. The van der Waals surface area contributed by atoms with Crippen molar-refractivity contribution in [3.05, 3.63) is 0 Å². The average molecular weight is 454 g/mol. The predicted octanol–water partition coefficient (Wildman–Crippen LogP) is 8.38. The van der Waals surface area contributed by atoms with E-state index in [0.717, 1.165) is 0 Å². The van der Waals surface area contributed by atoms with Crippen LogP contribution in [0.5, 0.6) is 0 Å². The van der Waals surface area contributed by atoms with Crippen LogP contribution in [-0.2, 0) is 0 Å². The molecule has 0 aromatic rings. The van der Waals surface area contributed by atoms with Gasteiger partial charge in [0.25, 0.3) is 0 Å². The summed E-state index contributed by atoms with van der Waals surface area (Å²) >= 11 is 0. The molecule has 0 saturated heterocycles. The molecule has 1 nitrogen and oxygen atoms in total. The van der Waals surface area contributed by atoms with Crippen LogP contribution >= 0.6 is 24.0 Å². The molecule has 2 N–H and O–H groups in total. The minimum Gasteiger partial charge on any atom is -0.325 e. The molecule has 0 aliphatic heterocycles. The third-order valence-corrected chi connectivity index (χ3v) is 5.33. The summed E-state index contributed by atoms with van der Waals surface area (Å²) < 4.78 is 0. The molecule has 0 aromatic carbocycles. The van der Waals surface area contributed by atoms with Gasteiger partial charge in [0.2, 0.25) is 0 Å². The van der Waals surface area contributed by atoms with Gasteiger partial charge in [0.05, 0.1) is 0 Å². The number of halogens is 1. The molecule has 0 unspecified atom stereocenters. The summed E-state index contributed by atoms with van der Waals surface area (Å²) in [6.45, 7) is 6.87. The molecule has 24 heavy (non-hydrogen) atoms. The number of unbranched alkanes of at least 4 members (excludes halogenated alkanes) is 12. The largest absolute Gasteiger partial charge is 0.325 e. The molecule has 0 rings (SSSR count). The van der Waals surface area contributed by atoms with Gasteiger partial charge in [-0.15, -0.1) is 24.0 Å². The van der Waals surface area contributed by atoms with Gasteiger partial charge in [0.1, 0.15) is 0 Å². The van der Waals surface area contributed by atoms with Crippen molar-refractivity contribution < 1.29 is 0 Å². The summed E-state index contributed by atoms with van der Waals surface area (Å²) in [6.07, 6.45) is 24.4. The minimum atomic E-state index is 0. The van der Waals surface area contributed by atoms with E-state index in [0.29, 0.717) is 0 Å². The zero-order chi connectivity index (χ0) is 17.2. The first-order valence-corrected chi connectivity index (χ1v) is 11.0. The van der Waals surface area contributed by atoms with E-state index < -0.39 is 0 Å². The van der Waals surface area contributed by atoms with Gasteiger partial charge in [-0.25, -0.2) is 0 Å². The van der Waals surface area contributed by atoms with Crippen molar-refractivity contribution in [2.24, 2.45) is 5.73 Å². The number of hydrogen-bond acceptors (Lipinski definition) is 1. The van der Waals surface area contributed by atoms with Crippen LogP contribution in [-0.4, -0.2) is 5.54 Å². The summed E-state index contributed by atoms with van der Waals surface area (Å²) in [5.74, 6) is 0. The van der Waals surface area contributed by atoms with E-state index in [1.54, 1.807) is 0 Å². The molecule has 0 saturated carbocycles. The monoisotopic (exact) mass is 453 g/mol. The predicted molar refractivity (Wildman–Crippen MR) is 122 cm³/mol. The third-order valence-electron chi connectivity index (χ3n) is 5.33. The normalized spacial score (nSPS) is 11.5. The topological polar surface area (TPSA) is 26.0 Å². The van der Waals surface area contributed by atoms with Crippen molar-refractivity contribution in [2.45, 2.75) is 142 Å². The Balaban J connectivity index is 0. The molecule has 0 aliphatic rings. The van der Waals surface area contributed by atoms with E-state index >= 15 is 0 Å². The molecule has 0 aromatic heterocycles. The highest BCUT2D eigenvalue weighted by Gasteiger charge is 2.23. The zero-order valence-electron chi connectivity index (χ0n) is 17.2. The lowest BCUT2D eigenvalue weighted by Crippen LogP contribution is -2.39. The molecule has 148 valence electrons. The van der Waals surface area contributed by atoms with Crippen LogP contribution in [0, 0.1) is 0 Å². The summed E-state index contributed by atoms with van der Waals surface area (Å²) in [4.78, 5) is 0. The average Bonchev–Trinajstić information content (AvgIpc) is 2.54. The van der Waals surface area contributed by atoms with Crippen LogP contribution in [0.3, 0.4) is 0 Å². The standard InChI is InChI=1S/C22H47N.HI/c1-4-7-10-13-16-19-22(23,20-17-14-11-8-5-2)21-18-15-12-9-6-3;/h4-21,23H2,1-3H3;1H. The molecular weight excluding hydrogens is 405 g/mol. The van der Waals surface area contributed by atoms with Crippen LogP contribution < -0.4 is 5.73 Å². The van der Waals surface area contributed by atoms with Crippen LogP contribution in [0.4, 0.5) is 0 Å². The summed E-state index contributed by atoms with van der Waals surface area (Å²) in [5, 5.41) is 0. The van der Waals surface area contributed by atoms with Crippen LogP contribution in [0.2, 0.25) is 0 Å². The van der Waals surface area contributed by atoms with Crippen LogP contribution in [0.15, 0.2) is 0 Å². The SMILES string of the molecule is CCCCCCCC(N)(CCCCCCC)CCCCCCC.I. The van der Waals surface area contributed by atoms with Crippen LogP contribution in [0.1, 0.15) is 136 Å². The van der Waals surface area contributed by atoms with Crippen molar-refractivity contribution in [1.29, 1.82) is 0 Å². The van der Waals surface area contributed by atoms with E-state index in [9.17, 15) is 0 Å². The summed E-state index contributed by atoms with van der Waals surface area (Å²) in [7, 11) is 0. The van der Waals surface area contributed by atoms with E-state index in [1.165, 1.54) is 116 Å². The maximum atomic E-state index is 6.84. The van der Waals surface area contributed by atoms with E-state index in [1.807, 2.05) is 0 Å². The Morgan fingerprint density at radius 2 is 0.708 bits per heavy atom. The molecule has 2 heteroatoms. The van der Waals surface area contributed by atoms with Crippen molar-refractivity contribution in [3.8, 4) is 0 Å². The second kappa shape index (κ2) is 20.0. The molecule has 0 heterocycles. The first kappa shape index (κ1) is 26.9. The van der Waals surface area contributed by atoms with E-state index in [-0.39, 0.29) is 29.5 Å². The number of rotatable bonds is 18. The Labute approximate surface area is 171 Å². The van der Waals surface area contributed by atoms with Crippen LogP contribution in [0.25, 0.3) is 0 Å². The molecule has 0 bridgehead atoms. The van der Waals surface area contributed by atoms with Crippen molar-refractivity contribution in [3.63, 3.8) is 0 Å². The van der Waals surface area contributed by atoms with E-state index in [2.05, 4.69) is 20.8 Å². The van der Waals surface area contributed by atoms with Gasteiger partial charge in [0.15, 0.2) is 0 Å². The van der Waals surface area contributed by atoms with Gasteiger partial charge in [-0.1, -0.05) is 117 Å². The highest BCUT2D eigenvalue weighted by atomic mass is 127. The first-order chi connectivity index (χ1) is 11.2. The first-order valence-electron chi connectivity index (χ1n) is 11.0. The molecule has 0 radical (unpaired) electrons. The molecule has 0 amide bonds. The van der Waals surface area contributed by atoms with Gasteiger partial charge in [0, 0.05) is 5.54 Å². The minimum absolute atomic E-state index is 0. The van der Waals surface area contributed by atoms with Crippen molar-refractivity contribution in [1.82, 2.24) is 0 Å². The van der Waals surface area contributed by atoms with E-state index in [4.69, 9.17) is 5.73 Å². The number of nitrogens with two attached hydrogens (primary N) is 1. The number of hydrogen-bond donors (Lipinski definition) is 1. The Kier molecular flexibility index (Phi) is 22.4. The second-order valence-electron chi connectivity index (χ2n) is 7.86. The van der Waals surface area contributed by atoms with Gasteiger partial charge < -0.3 is 5.73 Å². The lowest BCUT2D eigenvalue weighted by Gasteiger charge is -2.30. The Hall–Kier alpha value is 0.690. The Morgan fingerprint density at radius 1 is 0.458 bits per heavy atom. The lowest BCUT2D eigenvalue weighted by atomic mass is 9.82. The van der Waals surface area contributed by atoms with Gasteiger partial charge in [-0.3, -0.25) is 0 Å². The fraction of sp³-hybridized carbons (Fsp3) is 1.00. The maximum absolute atomic E-state index is 6.84. The fourth-order valence-electron chi connectivity index (χ4n) is 3.62.